The molecule has 0 aromatic heterocycles. The van der Waals surface area contributed by atoms with E-state index in [2.05, 4.69) is 55.5 Å². The number of carbonyl (C=O) groups is 1. The van der Waals surface area contributed by atoms with Crippen LogP contribution in [-0.4, -0.2) is 5.97 Å². The van der Waals surface area contributed by atoms with Crippen LogP contribution in [0.4, 0.5) is 0 Å². The van der Waals surface area contributed by atoms with Crippen molar-refractivity contribution < 1.29 is 14.3 Å². The Morgan fingerprint density at radius 3 is 2.21 bits per heavy atom. The van der Waals surface area contributed by atoms with Crippen molar-refractivity contribution in [2.45, 2.75) is 26.7 Å². The maximum atomic E-state index is 12.3. The van der Waals surface area contributed by atoms with Gasteiger partial charge < -0.3 is 9.47 Å². The van der Waals surface area contributed by atoms with E-state index in [4.69, 9.17) is 15.9 Å². The first kappa shape index (κ1) is 21.3. The third-order valence-corrected chi connectivity index (χ3v) is 4.05. The molecule has 0 bridgehead atoms. The molecule has 2 rings (SSSR count). The minimum atomic E-state index is -0.435. The third kappa shape index (κ3) is 7.61. The molecule has 3 heteroatoms. The number of esters is 1. The Morgan fingerprint density at radius 1 is 0.931 bits per heavy atom. The van der Waals surface area contributed by atoms with E-state index in [-0.39, 0.29) is 0 Å². The minimum Gasteiger partial charge on any atom is -0.423 e. The second-order valence-electron chi connectivity index (χ2n) is 6.25. The van der Waals surface area contributed by atoms with Gasteiger partial charge in [0, 0.05) is 17.8 Å². The lowest BCUT2D eigenvalue weighted by molar-refractivity contribution is 0.0734. The van der Waals surface area contributed by atoms with E-state index < -0.39 is 5.97 Å². The molecule has 0 aliphatic carbocycles. The normalized spacial score (nSPS) is 9.83. The second kappa shape index (κ2) is 11.6. The van der Waals surface area contributed by atoms with Gasteiger partial charge in [-0.15, -0.1) is 6.42 Å². The molecule has 0 fully saturated rings. The lowest BCUT2D eigenvalue weighted by Gasteiger charge is -2.09. The van der Waals surface area contributed by atoms with Gasteiger partial charge in [-0.3, -0.25) is 0 Å². The van der Waals surface area contributed by atoms with E-state index in [1.54, 1.807) is 24.3 Å². The van der Waals surface area contributed by atoms with Crippen molar-refractivity contribution in [1.82, 2.24) is 0 Å². The number of hydrogen-bond acceptors (Lipinski definition) is 3. The van der Waals surface area contributed by atoms with Crippen molar-refractivity contribution in [3.63, 3.8) is 0 Å². The predicted molar refractivity (Wildman–Crippen MR) is 114 cm³/mol. The Labute approximate surface area is 172 Å². The number of carbonyl (C=O) groups excluding carboxylic acids is 1. The van der Waals surface area contributed by atoms with E-state index in [1.807, 2.05) is 24.3 Å². The molecule has 0 saturated heterocycles. The van der Waals surface area contributed by atoms with Crippen molar-refractivity contribution in [3.05, 3.63) is 59.7 Å². The summed E-state index contributed by atoms with van der Waals surface area (Å²) in [6.07, 6.45) is 9.54. The van der Waals surface area contributed by atoms with Gasteiger partial charge in [0.2, 0.25) is 0 Å². The number of benzene rings is 2. The summed E-state index contributed by atoms with van der Waals surface area (Å²) in [5, 5.41) is 0. The molecular formula is C26H20O3. The van der Waals surface area contributed by atoms with Crippen LogP contribution in [-0.2, 0) is 6.42 Å². The average Bonchev–Trinajstić information content (AvgIpc) is 2.74. The summed E-state index contributed by atoms with van der Waals surface area (Å²) in [5.74, 6) is 15.6. The molecule has 1 atom stereocenters. The van der Waals surface area contributed by atoms with Crippen LogP contribution < -0.4 is 9.47 Å². The van der Waals surface area contributed by atoms with Gasteiger partial charge in [0.25, 0.3) is 0 Å². The molecule has 0 aliphatic rings. The molecular weight excluding hydrogens is 360 g/mol. The maximum absolute atomic E-state index is 12.3. The van der Waals surface area contributed by atoms with Crippen molar-refractivity contribution in [2.24, 2.45) is 5.92 Å². The predicted octanol–water partition coefficient (Wildman–Crippen LogP) is 4.47. The number of terminal acetylenes is 1. The van der Waals surface area contributed by atoms with Crippen molar-refractivity contribution >= 4 is 5.97 Å². The molecule has 142 valence electrons. The molecule has 0 radical (unpaired) electrons. The maximum Gasteiger partial charge on any atom is 0.343 e. The first-order valence-electron chi connectivity index (χ1n) is 9.16. The second-order valence-corrected chi connectivity index (χ2v) is 6.25. The zero-order chi connectivity index (χ0) is 20.9. The fraction of sp³-hybridized carbons (Fsp3) is 0.192. The van der Waals surface area contributed by atoms with Crippen LogP contribution >= 0.6 is 0 Å². The summed E-state index contributed by atoms with van der Waals surface area (Å²) in [4.78, 5) is 12.3. The van der Waals surface area contributed by atoms with Gasteiger partial charge in [0.15, 0.2) is 0 Å². The van der Waals surface area contributed by atoms with Crippen LogP contribution in [0.5, 0.6) is 11.5 Å². The molecule has 2 aromatic rings. The topological polar surface area (TPSA) is 35.5 Å². The lowest BCUT2D eigenvalue weighted by Crippen LogP contribution is -2.08. The molecule has 3 nitrogen and oxygen atoms in total. The Balaban J connectivity index is 1.91. The summed E-state index contributed by atoms with van der Waals surface area (Å²) in [5.41, 5.74) is 1.65. The summed E-state index contributed by atoms with van der Waals surface area (Å²) in [7, 11) is 0. The van der Waals surface area contributed by atoms with Gasteiger partial charge in [0.1, 0.15) is 17.6 Å². The lowest BCUT2D eigenvalue weighted by atomic mass is 9.99. The fourth-order valence-corrected chi connectivity index (χ4v) is 2.31. The highest BCUT2D eigenvalue weighted by Gasteiger charge is 2.09. The molecule has 29 heavy (non-hydrogen) atoms. The molecule has 0 aliphatic heterocycles. The first-order chi connectivity index (χ1) is 14.1. The van der Waals surface area contributed by atoms with Crippen LogP contribution in [0.1, 0.15) is 36.2 Å². The minimum absolute atomic E-state index is 0.415. The zero-order valence-electron chi connectivity index (χ0n) is 16.4. The largest absolute Gasteiger partial charge is 0.423 e. The van der Waals surface area contributed by atoms with E-state index in [9.17, 15) is 4.79 Å². The van der Waals surface area contributed by atoms with Crippen molar-refractivity contribution in [3.8, 4) is 59.6 Å². The molecule has 0 saturated carbocycles. The Bertz CT molecular complexity index is 1050. The molecule has 0 heterocycles. The Kier molecular flexibility index (Phi) is 8.51. The average molecular weight is 380 g/mol. The standard InChI is InChI=1S/C26H20O3/c1-4-6-7-8-9-10-19-28-24-17-13-23(14-18-24)26(27)29-25-15-11-22(12-16-25)20-21(3)5-2/h1,11-18,21H,5,20H2,2-3H3. The summed E-state index contributed by atoms with van der Waals surface area (Å²) >= 11 is 0. The van der Waals surface area contributed by atoms with E-state index in [0.717, 1.165) is 12.8 Å². The van der Waals surface area contributed by atoms with Crippen LogP contribution in [0.25, 0.3) is 0 Å². The quantitative estimate of drug-likeness (QED) is 0.421. The van der Waals surface area contributed by atoms with E-state index in [1.165, 1.54) is 5.56 Å². The zero-order valence-corrected chi connectivity index (χ0v) is 16.4. The fourth-order valence-electron chi connectivity index (χ4n) is 2.31. The molecule has 1 unspecified atom stereocenters. The monoisotopic (exact) mass is 380 g/mol. The SMILES string of the molecule is C#CC#CC#CC#COc1ccc(C(=O)Oc2ccc(CC(C)CC)cc2)cc1. The van der Waals surface area contributed by atoms with Gasteiger partial charge in [-0.05, 0) is 72.1 Å². The van der Waals surface area contributed by atoms with Crippen LogP contribution in [0, 0.1) is 54.0 Å². The highest BCUT2D eigenvalue weighted by molar-refractivity contribution is 5.91. The summed E-state index contributed by atoms with van der Waals surface area (Å²) in [6.45, 7) is 4.39. The number of rotatable bonds is 6. The van der Waals surface area contributed by atoms with Gasteiger partial charge in [-0.25, -0.2) is 4.79 Å². The molecule has 0 N–H and O–H groups in total. The highest BCUT2D eigenvalue weighted by atomic mass is 16.5. The third-order valence-electron chi connectivity index (χ3n) is 4.05. The van der Waals surface area contributed by atoms with Gasteiger partial charge in [-0.1, -0.05) is 32.4 Å². The van der Waals surface area contributed by atoms with Crippen LogP contribution in [0.3, 0.4) is 0 Å². The Hall–Kier alpha value is -4.05. The van der Waals surface area contributed by atoms with Crippen LogP contribution in [0.2, 0.25) is 0 Å². The van der Waals surface area contributed by atoms with Gasteiger partial charge in [-0.2, -0.15) is 0 Å². The van der Waals surface area contributed by atoms with E-state index in [0.29, 0.717) is 23.0 Å². The van der Waals surface area contributed by atoms with E-state index >= 15 is 0 Å². The van der Waals surface area contributed by atoms with Crippen molar-refractivity contribution in [2.75, 3.05) is 0 Å². The summed E-state index contributed by atoms with van der Waals surface area (Å²) < 4.78 is 10.6. The first-order valence-corrected chi connectivity index (χ1v) is 9.16. The molecule has 0 amide bonds. The smallest absolute Gasteiger partial charge is 0.343 e. The van der Waals surface area contributed by atoms with Gasteiger partial charge in [0.05, 0.1) is 5.56 Å². The summed E-state index contributed by atoms with van der Waals surface area (Å²) in [6, 6.07) is 14.1. The highest BCUT2D eigenvalue weighted by Crippen LogP contribution is 2.18. The molecule has 0 spiro atoms. The molecule has 2 aromatic carbocycles. The van der Waals surface area contributed by atoms with Gasteiger partial charge >= 0.3 is 5.97 Å². The number of hydrogen-bond donors (Lipinski definition) is 0. The van der Waals surface area contributed by atoms with Crippen molar-refractivity contribution in [1.29, 1.82) is 0 Å². The number of ether oxygens (including phenoxy) is 2. The Morgan fingerprint density at radius 2 is 1.55 bits per heavy atom. The van der Waals surface area contributed by atoms with Crippen LogP contribution in [0.15, 0.2) is 48.5 Å².